The van der Waals surface area contributed by atoms with Gasteiger partial charge in [-0.2, -0.15) is 0 Å². The van der Waals surface area contributed by atoms with Crippen molar-refractivity contribution in [3.05, 3.63) is 0 Å². The van der Waals surface area contributed by atoms with Crippen LogP contribution in [0.4, 0.5) is 4.79 Å². The normalized spacial score (nSPS) is 23.9. The van der Waals surface area contributed by atoms with E-state index < -0.39 is 5.97 Å². The summed E-state index contributed by atoms with van der Waals surface area (Å²) in [6.07, 6.45) is 3.89. The fraction of sp³-hybridized carbons (Fsp3) is 0.867. The smallest absolute Gasteiger partial charge is 0.320 e. The molecule has 2 fully saturated rings. The van der Waals surface area contributed by atoms with Gasteiger partial charge in [0.05, 0.1) is 6.42 Å². The molecule has 0 aromatic heterocycles. The number of carbonyl (C=O) groups is 2. The van der Waals surface area contributed by atoms with Crippen molar-refractivity contribution in [3.63, 3.8) is 0 Å². The van der Waals surface area contributed by atoms with Gasteiger partial charge in [0.1, 0.15) is 0 Å². The Morgan fingerprint density at radius 1 is 1.14 bits per heavy atom. The minimum absolute atomic E-state index is 0.0436. The van der Waals surface area contributed by atoms with Crippen LogP contribution in [-0.4, -0.2) is 78.1 Å². The Balaban J connectivity index is 1.85. The molecule has 2 aliphatic rings. The third-order valence-electron chi connectivity index (χ3n) is 4.54. The lowest BCUT2D eigenvalue weighted by Crippen LogP contribution is -2.49. The second kappa shape index (κ2) is 7.11. The van der Waals surface area contributed by atoms with Crippen molar-refractivity contribution in [2.75, 3.05) is 40.3 Å². The molecule has 6 heteroatoms. The highest BCUT2D eigenvalue weighted by molar-refractivity contribution is 5.76. The number of hydrogen-bond donors (Lipinski definition) is 1. The van der Waals surface area contributed by atoms with Gasteiger partial charge in [-0.15, -0.1) is 0 Å². The Labute approximate surface area is 126 Å². The van der Waals surface area contributed by atoms with Gasteiger partial charge in [-0.3, -0.25) is 4.79 Å². The Morgan fingerprint density at radius 2 is 1.81 bits per heavy atom. The molecule has 1 unspecified atom stereocenters. The first kappa shape index (κ1) is 16.1. The number of carboxylic acid groups (broad SMARTS) is 1. The number of aliphatic carboxylic acids is 1. The predicted octanol–water partition coefficient (Wildman–Crippen LogP) is 1.32. The van der Waals surface area contributed by atoms with Gasteiger partial charge < -0.3 is 19.8 Å². The van der Waals surface area contributed by atoms with Crippen molar-refractivity contribution in [2.45, 2.75) is 38.1 Å². The van der Waals surface area contributed by atoms with Gasteiger partial charge in [-0.1, -0.05) is 0 Å². The molecule has 2 heterocycles. The molecule has 1 N–H and O–H groups in total. The molecule has 0 aromatic rings. The van der Waals surface area contributed by atoms with E-state index in [4.69, 9.17) is 5.11 Å². The molecule has 0 bridgehead atoms. The minimum Gasteiger partial charge on any atom is -0.481 e. The quantitative estimate of drug-likeness (QED) is 0.850. The van der Waals surface area contributed by atoms with Gasteiger partial charge in [-0.05, 0) is 45.7 Å². The average molecular weight is 297 g/mol. The van der Waals surface area contributed by atoms with Crippen molar-refractivity contribution >= 4 is 12.0 Å². The molecule has 120 valence electrons. The lowest BCUT2D eigenvalue weighted by Gasteiger charge is -2.37. The number of hydrogen-bond acceptors (Lipinski definition) is 3. The van der Waals surface area contributed by atoms with E-state index in [9.17, 15) is 9.59 Å². The standard InChI is InChI=1S/C15H27N3O3/c1-16(2)11-12-5-8-17(9-6-12)15(21)18-7-3-4-13(18)10-14(19)20/h12-13H,3-11H2,1-2H3,(H,19,20). The molecule has 0 aromatic carbocycles. The van der Waals surface area contributed by atoms with Gasteiger partial charge in [0.2, 0.25) is 0 Å². The van der Waals surface area contributed by atoms with E-state index >= 15 is 0 Å². The highest BCUT2D eigenvalue weighted by atomic mass is 16.4. The van der Waals surface area contributed by atoms with Gasteiger partial charge in [0, 0.05) is 32.2 Å². The van der Waals surface area contributed by atoms with Crippen molar-refractivity contribution in [1.29, 1.82) is 0 Å². The highest BCUT2D eigenvalue weighted by Crippen LogP contribution is 2.24. The third-order valence-corrected chi connectivity index (χ3v) is 4.54. The van der Waals surface area contributed by atoms with E-state index in [0.717, 1.165) is 45.3 Å². The van der Waals surface area contributed by atoms with Crippen molar-refractivity contribution in [1.82, 2.24) is 14.7 Å². The molecule has 0 radical (unpaired) electrons. The number of urea groups is 1. The molecular weight excluding hydrogens is 270 g/mol. The Morgan fingerprint density at radius 3 is 2.38 bits per heavy atom. The van der Waals surface area contributed by atoms with Gasteiger partial charge in [0.25, 0.3) is 0 Å². The zero-order chi connectivity index (χ0) is 15.4. The first-order valence-corrected chi connectivity index (χ1v) is 7.89. The molecule has 6 nitrogen and oxygen atoms in total. The Bertz CT molecular complexity index is 378. The minimum atomic E-state index is -0.815. The van der Waals surface area contributed by atoms with Crippen molar-refractivity contribution in [2.24, 2.45) is 5.92 Å². The lowest BCUT2D eigenvalue weighted by molar-refractivity contribution is -0.138. The Hall–Kier alpha value is -1.30. The number of nitrogens with zero attached hydrogens (tertiary/aromatic N) is 3. The van der Waals surface area contributed by atoms with Gasteiger partial charge in [0.15, 0.2) is 0 Å². The first-order chi connectivity index (χ1) is 9.97. The van der Waals surface area contributed by atoms with E-state index in [2.05, 4.69) is 19.0 Å². The maximum atomic E-state index is 12.6. The van der Waals surface area contributed by atoms with Crippen LogP contribution in [0.25, 0.3) is 0 Å². The lowest BCUT2D eigenvalue weighted by atomic mass is 9.96. The maximum Gasteiger partial charge on any atom is 0.320 e. The predicted molar refractivity (Wildman–Crippen MR) is 80.2 cm³/mol. The van der Waals surface area contributed by atoms with Crippen LogP contribution in [-0.2, 0) is 4.79 Å². The van der Waals surface area contributed by atoms with Crippen molar-refractivity contribution in [3.8, 4) is 0 Å². The number of carboxylic acids is 1. The van der Waals surface area contributed by atoms with Crippen LogP contribution in [0, 0.1) is 5.92 Å². The number of carbonyl (C=O) groups excluding carboxylic acids is 1. The van der Waals surface area contributed by atoms with Gasteiger partial charge >= 0.3 is 12.0 Å². The summed E-state index contributed by atoms with van der Waals surface area (Å²) in [6, 6.07) is -0.0726. The summed E-state index contributed by atoms with van der Waals surface area (Å²) >= 11 is 0. The van der Waals surface area contributed by atoms with Crippen LogP contribution in [0.5, 0.6) is 0 Å². The van der Waals surface area contributed by atoms with Crippen LogP contribution >= 0.6 is 0 Å². The fourth-order valence-corrected chi connectivity index (χ4v) is 3.51. The van der Waals surface area contributed by atoms with Crippen LogP contribution in [0.3, 0.4) is 0 Å². The number of amides is 2. The summed E-state index contributed by atoms with van der Waals surface area (Å²) in [4.78, 5) is 29.3. The monoisotopic (exact) mass is 297 g/mol. The van der Waals surface area contributed by atoms with E-state index in [0.29, 0.717) is 12.5 Å². The highest BCUT2D eigenvalue weighted by Gasteiger charge is 2.34. The molecule has 2 saturated heterocycles. The fourth-order valence-electron chi connectivity index (χ4n) is 3.51. The topological polar surface area (TPSA) is 64.1 Å². The summed E-state index contributed by atoms with van der Waals surface area (Å²) in [5, 5.41) is 8.95. The average Bonchev–Trinajstić information content (AvgIpc) is 2.85. The summed E-state index contributed by atoms with van der Waals surface area (Å²) in [7, 11) is 4.16. The summed E-state index contributed by atoms with van der Waals surface area (Å²) in [6.45, 7) is 3.38. The molecule has 1 atom stereocenters. The molecule has 2 amide bonds. The van der Waals surface area contributed by atoms with E-state index in [1.165, 1.54) is 0 Å². The van der Waals surface area contributed by atoms with Crippen LogP contribution < -0.4 is 0 Å². The molecule has 0 spiro atoms. The second-order valence-electron chi connectivity index (χ2n) is 6.56. The SMILES string of the molecule is CN(C)CC1CCN(C(=O)N2CCCC2CC(=O)O)CC1. The van der Waals surface area contributed by atoms with Crippen LogP contribution in [0.15, 0.2) is 0 Å². The molecule has 2 rings (SSSR count). The van der Waals surface area contributed by atoms with E-state index in [1.54, 1.807) is 4.90 Å². The second-order valence-corrected chi connectivity index (χ2v) is 6.56. The van der Waals surface area contributed by atoms with Crippen molar-refractivity contribution < 1.29 is 14.7 Å². The summed E-state index contributed by atoms with van der Waals surface area (Å²) in [5.41, 5.74) is 0. The van der Waals surface area contributed by atoms with E-state index in [1.807, 2.05) is 4.90 Å². The zero-order valence-electron chi connectivity index (χ0n) is 13.1. The van der Waals surface area contributed by atoms with Crippen LogP contribution in [0.1, 0.15) is 32.1 Å². The first-order valence-electron chi connectivity index (χ1n) is 7.89. The Kier molecular flexibility index (Phi) is 5.45. The number of rotatable bonds is 4. The molecule has 2 aliphatic heterocycles. The number of piperidine rings is 1. The summed E-state index contributed by atoms with van der Waals surface area (Å²) in [5.74, 6) is -0.151. The summed E-state index contributed by atoms with van der Waals surface area (Å²) < 4.78 is 0. The van der Waals surface area contributed by atoms with E-state index in [-0.39, 0.29) is 18.5 Å². The largest absolute Gasteiger partial charge is 0.481 e. The zero-order valence-corrected chi connectivity index (χ0v) is 13.1. The van der Waals surface area contributed by atoms with Gasteiger partial charge in [-0.25, -0.2) is 4.79 Å². The third kappa shape index (κ3) is 4.33. The maximum absolute atomic E-state index is 12.6. The molecule has 21 heavy (non-hydrogen) atoms. The molecule has 0 aliphatic carbocycles. The molecular formula is C15H27N3O3. The number of likely N-dealkylation sites (tertiary alicyclic amines) is 2. The molecule has 0 saturated carbocycles. The van der Waals surface area contributed by atoms with Crippen LogP contribution in [0.2, 0.25) is 0 Å².